The van der Waals surface area contributed by atoms with Crippen molar-refractivity contribution in [2.45, 2.75) is 19.5 Å². The first kappa shape index (κ1) is 29.0. The van der Waals surface area contributed by atoms with Gasteiger partial charge in [0.15, 0.2) is 17.5 Å². The number of amides is 2. The van der Waals surface area contributed by atoms with Crippen LogP contribution in [0.15, 0.2) is 42.7 Å². The van der Waals surface area contributed by atoms with Crippen molar-refractivity contribution in [1.82, 2.24) is 30.0 Å². The van der Waals surface area contributed by atoms with Gasteiger partial charge in [-0.15, -0.1) is 0 Å². The number of methoxy groups -OCH3 is 1. The van der Waals surface area contributed by atoms with Gasteiger partial charge in [-0.05, 0) is 43.0 Å². The van der Waals surface area contributed by atoms with E-state index in [1.807, 2.05) is 0 Å². The molecule has 2 aromatic carbocycles. The minimum atomic E-state index is -1.07. The molecule has 224 valence electrons. The Morgan fingerprint density at radius 2 is 1.79 bits per heavy atom. The van der Waals surface area contributed by atoms with Gasteiger partial charge in [-0.1, -0.05) is 17.7 Å². The number of nitrogens with zero attached hydrogens (tertiary/aromatic N) is 4. The van der Waals surface area contributed by atoms with Gasteiger partial charge in [-0.2, -0.15) is 5.10 Å². The third-order valence-electron chi connectivity index (χ3n) is 8.31. The Balaban J connectivity index is 1.17. The van der Waals surface area contributed by atoms with Crippen LogP contribution in [0.4, 0.5) is 14.5 Å². The molecule has 0 spiro atoms. The number of hydrogen-bond acceptors (Lipinski definition) is 6. The standard InChI is InChI=1S/C30H30ClF2N7O3/c1-15-20(13-36-40(15)8-9-43-3)17-6-7-19(26(33)25(17)32)24-14-35-28(39(24)2)30(42)37-16-4-5-18(23(31)10-16)29(41)38-27-21-11-34-12-22(21)27/h4-7,10,13-14,21-22,27,34H,8-9,11-12H2,1-3H3,(H,37,42)(H,38,41)/t21-,22+,27+. The molecule has 3 atom stereocenters. The van der Waals surface area contributed by atoms with Crippen LogP contribution in [-0.2, 0) is 18.3 Å². The molecular formula is C30H30ClF2N7O3. The predicted octanol–water partition coefficient (Wildman–Crippen LogP) is 4.04. The average Bonchev–Trinajstić information content (AvgIpc) is 3.37. The summed E-state index contributed by atoms with van der Waals surface area (Å²) >= 11 is 6.38. The SMILES string of the molecule is COCCn1ncc(-c2ccc(-c3cnc(C(=O)Nc4ccc(C(=O)N[C@H]5[C@@H]6CNC[C@@H]65)c(Cl)c4)n3C)c(F)c2F)c1C. The van der Waals surface area contributed by atoms with Crippen molar-refractivity contribution >= 4 is 29.1 Å². The number of aromatic nitrogens is 4. The van der Waals surface area contributed by atoms with E-state index in [0.717, 1.165) is 13.1 Å². The summed E-state index contributed by atoms with van der Waals surface area (Å²) in [5.74, 6) is -2.04. The molecule has 13 heteroatoms. The minimum Gasteiger partial charge on any atom is -0.383 e. The number of benzene rings is 2. The van der Waals surface area contributed by atoms with Gasteiger partial charge in [0.1, 0.15) is 0 Å². The van der Waals surface area contributed by atoms with E-state index in [0.29, 0.717) is 47.5 Å². The van der Waals surface area contributed by atoms with Crippen LogP contribution in [0.5, 0.6) is 0 Å². The Morgan fingerprint density at radius 1 is 1.07 bits per heavy atom. The quantitative estimate of drug-likeness (QED) is 0.264. The molecule has 2 aromatic heterocycles. The highest BCUT2D eigenvalue weighted by atomic mass is 35.5. The zero-order valence-electron chi connectivity index (χ0n) is 23.7. The number of halogens is 3. The lowest BCUT2D eigenvalue weighted by molar-refractivity contribution is 0.0946. The topological polar surface area (TPSA) is 115 Å². The number of anilines is 1. The molecule has 3 heterocycles. The van der Waals surface area contributed by atoms with Crippen LogP contribution in [0.25, 0.3) is 22.4 Å². The maximum atomic E-state index is 15.4. The van der Waals surface area contributed by atoms with Crippen LogP contribution in [0.2, 0.25) is 5.02 Å². The Hall–Kier alpha value is -4.13. The van der Waals surface area contributed by atoms with Gasteiger partial charge < -0.3 is 25.3 Å². The van der Waals surface area contributed by atoms with E-state index in [-0.39, 0.29) is 39.6 Å². The summed E-state index contributed by atoms with van der Waals surface area (Å²) in [6, 6.07) is 7.71. The number of carbonyl (C=O) groups excluding carboxylic acids is 2. The molecule has 4 aromatic rings. The number of fused-ring (bicyclic) bond motifs is 1. The summed E-state index contributed by atoms with van der Waals surface area (Å²) in [6.07, 6.45) is 2.80. The second kappa shape index (κ2) is 11.5. The fourth-order valence-corrected chi connectivity index (χ4v) is 6.03. The molecule has 43 heavy (non-hydrogen) atoms. The maximum absolute atomic E-state index is 15.4. The van der Waals surface area contributed by atoms with Crippen molar-refractivity contribution < 1.29 is 23.1 Å². The lowest BCUT2D eigenvalue weighted by Crippen LogP contribution is -2.32. The second-order valence-electron chi connectivity index (χ2n) is 10.8. The lowest BCUT2D eigenvalue weighted by atomic mass is 10.0. The molecule has 0 radical (unpaired) electrons. The van der Waals surface area contributed by atoms with Gasteiger partial charge in [0.25, 0.3) is 11.8 Å². The molecule has 1 saturated heterocycles. The van der Waals surface area contributed by atoms with E-state index in [2.05, 4.69) is 26.0 Å². The lowest BCUT2D eigenvalue weighted by Gasteiger charge is -2.12. The molecule has 1 aliphatic heterocycles. The van der Waals surface area contributed by atoms with Crippen LogP contribution in [0.1, 0.15) is 26.7 Å². The highest BCUT2D eigenvalue weighted by Crippen LogP contribution is 2.42. The molecule has 0 bridgehead atoms. The first-order chi connectivity index (χ1) is 20.7. The molecule has 1 aliphatic carbocycles. The maximum Gasteiger partial charge on any atom is 0.291 e. The van der Waals surface area contributed by atoms with Crippen LogP contribution in [0.3, 0.4) is 0 Å². The molecular weight excluding hydrogens is 580 g/mol. The van der Waals surface area contributed by atoms with Crippen molar-refractivity contribution in [2.75, 3.05) is 32.1 Å². The van der Waals surface area contributed by atoms with Gasteiger partial charge in [0.05, 0.1) is 41.8 Å². The number of imidazole rings is 1. The van der Waals surface area contributed by atoms with Gasteiger partial charge in [-0.25, -0.2) is 13.8 Å². The zero-order chi connectivity index (χ0) is 30.4. The highest BCUT2D eigenvalue weighted by molar-refractivity contribution is 6.34. The number of carbonyl (C=O) groups is 2. The van der Waals surface area contributed by atoms with Crippen molar-refractivity contribution in [1.29, 1.82) is 0 Å². The first-order valence-corrected chi connectivity index (χ1v) is 14.2. The van der Waals surface area contributed by atoms with Crippen LogP contribution >= 0.6 is 11.6 Å². The van der Waals surface area contributed by atoms with Gasteiger partial charge in [-0.3, -0.25) is 14.3 Å². The summed E-state index contributed by atoms with van der Waals surface area (Å²) in [7, 11) is 3.11. The summed E-state index contributed by atoms with van der Waals surface area (Å²) in [6.45, 7) is 4.50. The van der Waals surface area contributed by atoms with E-state index < -0.39 is 17.5 Å². The Labute approximate surface area is 251 Å². The second-order valence-corrected chi connectivity index (χ2v) is 11.2. The third-order valence-corrected chi connectivity index (χ3v) is 8.62. The van der Waals surface area contributed by atoms with E-state index in [9.17, 15) is 9.59 Å². The van der Waals surface area contributed by atoms with Crippen LogP contribution in [0, 0.1) is 30.4 Å². The molecule has 0 unspecified atom stereocenters. The van der Waals surface area contributed by atoms with Crippen LogP contribution < -0.4 is 16.0 Å². The zero-order valence-corrected chi connectivity index (χ0v) is 24.5. The smallest absolute Gasteiger partial charge is 0.291 e. The number of hydrogen-bond donors (Lipinski definition) is 3. The van der Waals surface area contributed by atoms with Crippen LogP contribution in [-0.4, -0.2) is 64.0 Å². The summed E-state index contributed by atoms with van der Waals surface area (Å²) < 4.78 is 38.8. The van der Waals surface area contributed by atoms with E-state index in [4.69, 9.17) is 16.3 Å². The Morgan fingerprint density at radius 3 is 2.51 bits per heavy atom. The van der Waals surface area contributed by atoms with Crippen molar-refractivity contribution in [2.24, 2.45) is 18.9 Å². The number of nitrogens with one attached hydrogen (secondary N) is 3. The predicted molar refractivity (Wildman–Crippen MR) is 157 cm³/mol. The largest absolute Gasteiger partial charge is 0.383 e. The average molecular weight is 610 g/mol. The summed E-state index contributed by atoms with van der Waals surface area (Å²) in [4.78, 5) is 29.9. The fraction of sp³-hybridized carbons (Fsp3) is 0.333. The van der Waals surface area contributed by atoms with Gasteiger partial charge >= 0.3 is 0 Å². The van der Waals surface area contributed by atoms with Gasteiger partial charge in [0.2, 0.25) is 0 Å². The van der Waals surface area contributed by atoms with Crippen molar-refractivity contribution in [3.63, 3.8) is 0 Å². The molecule has 2 amide bonds. The number of rotatable bonds is 9. The third kappa shape index (κ3) is 5.30. The molecule has 2 aliphatic rings. The van der Waals surface area contributed by atoms with E-state index >= 15 is 8.78 Å². The molecule has 1 saturated carbocycles. The summed E-state index contributed by atoms with van der Waals surface area (Å²) in [5, 5.41) is 13.5. The summed E-state index contributed by atoms with van der Waals surface area (Å²) in [5.41, 5.74) is 2.06. The number of ether oxygens (including phenoxy) is 1. The Bertz CT molecular complexity index is 1730. The molecule has 3 N–H and O–H groups in total. The van der Waals surface area contributed by atoms with Crippen molar-refractivity contribution in [3.05, 3.63) is 76.5 Å². The van der Waals surface area contributed by atoms with E-state index in [1.165, 1.54) is 42.2 Å². The molecule has 10 nitrogen and oxygen atoms in total. The van der Waals surface area contributed by atoms with Gasteiger partial charge in [0, 0.05) is 61.4 Å². The Kier molecular flexibility index (Phi) is 7.75. The fourth-order valence-electron chi connectivity index (χ4n) is 5.77. The van der Waals surface area contributed by atoms with Crippen molar-refractivity contribution in [3.8, 4) is 22.4 Å². The first-order valence-electron chi connectivity index (χ1n) is 13.8. The van der Waals surface area contributed by atoms with E-state index in [1.54, 1.807) is 30.8 Å². The minimum absolute atomic E-state index is 0.0269. The molecule has 2 fully saturated rings. The highest BCUT2D eigenvalue weighted by Gasteiger charge is 2.53. The normalized spacial score (nSPS) is 18.9. The molecule has 6 rings (SSSR count). The monoisotopic (exact) mass is 609 g/mol. The number of piperidine rings is 1.